The van der Waals surface area contributed by atoms with Gasteiger partial charge in [-0.15, -0.1) is 23.2 Å². The van der Waals surface area contributed by atoms with Crippen LogP contribution >= 0.6 is 23.2 Å². The summed E-state index contributed by atoms with van der Waals surface area (Å²) < 4.78 is -0.825. The van der Waals surface area contributed by atoms with Gasteiger partial charge in [-0.2, -0.15) is 10.4 Å². The molecular weight excluding hydrogens is 315 g/mol. The molecule has 1 unspecified atom stereocenters. The van der Waals surface area contributed by atoms with E-state index in [4.69, 9.17) is 33.3 Å². The second-order valence-electron chi connectivity index (χ2n) is 5.65. The molecule has 0 aromatic rings. The van der Waals surface area contributed by atoms with Crippen LogP contribution in [0.3, 0.4) is 0 Å². The normalized spacial score (nSPS) is 27.5. The minimum Gasteiger partial charge on any atom is -0.395 e. The van der Waals surface area contributed by atoms with Gasteiger partial charge in [0, 0.05) is 11.3 Å². The third-order valence-corrected chi connectivity index (χ3v) is 5.47. The number of carbonyl (C=O) groups is 1. The number of nitrogens with zero attached hydrogens (tertiary/aromatic N) is 4. The Morgan fingerprint density at radius 3 is 2.67 bits per heavy atom. The summed E-state index contributed by atoms with van der Waals surface area (Å²) in [7, 11) is 0. The predicted octanol–water partition coefficient (Wildman–Crippen LogP) is 2.32. The van der Waals surface area contributed by atoms with Gasteiger partial charge < -0.3 is 4.84 Å². The standard InChI is InChI=1S/C13H16Cl2N4O2/c1-8-10(11(20)19(17-8)6-4-5-16)18-21-7-9-12(2,3)13(9,14)15/h9H,4,6-7H2,1-3H3. The summed E-state index contributed by atoms with van der Waals surface area (Å²) in [5, 5.41) is 17.6. The van der Waals surface area contributed by atoms with Crippen LogP contribution in [-0.2, 0) is 9.63 Å². The molecule has 0 aromatic carbocycles. The number of alkyl halides is 2. The van der Waals surface area contributed by atoms with Crippen LogP contribution in [0.1, 0.15) is 27.2 Å². The SMILES string of the molecule is CC1=NN(CCC#N)C(=O)C1=NOCC1C(C)(C)C1(Cl)Cl. The third-order valence-electron chi connectivity index (χ3n) is 3.97. The van der Waals surface area contributed by atoms with Crippen LogP contribution in [-0.4, -0.2) is 39.8 Å². The Morgan fingerprint density at radius 1 is 1.52 bits per heavy atom. The van der Waals surface area contributed by atoms with Gasteiger partial charge in [0.15, 0.2) is 5.71 Å². The van der Waals surface area contributed by atoms with Crippen molar-refractivity contribution in [2.24, 2.45) is 21.6 Å². The average Bonchev–Trinajstić information content (AvgIpc) is 2.64. The van der Waals surface area contributed by atoms with Crippen molar-refractivity contribution < 1.29 is 9.63 Å². The maximum Gasteiger partial charge on any atom is 0.297 e. The number of hydrogen-bond acceptors (Lipinski definition) is 5. The molecule has 1 aliphatic heterocycles. The van der Waals surface area contributed by atoms with E-state index in [9.17, 15) is 4.79 Å². The molecule has 0 spiro atoms. The zero-order valence-corrected chi connectivity index (χ0v) is 13.6. The summed E-state index contributed by atoms with van der Waals surface area (Å²) in [5.74, 6) is -0.401. The number of halogens is 2. The largest absolute Gasteiger partial charge is 0.395 e. The third kappa shape index (κ3) is 2.72. The molecule has 0 bridgehead atoms. The van der Waals surface area contributed by atoms with E-state index in [1.165, 1.54) is 5.01 Å². The molecule has 0 radical (unpaired) electrons. The van der Waals surface area contributed by atoms with Crippen molar-refractivity contribution in [1.29, 1.82) is 5.26 Å². The van der Waals surface area contributed by atoms with Gasteiger partial charge in [0.25, 0.3) is 5.91 Å². The molecular formula is C13H16Cl2N4O2. The fourth-order valence-electron chi connectivity index (χ4n) is 2.21. The molecule has 2 rings (SSSR count). The fourth-order valence-corrected chi connectivity index (χ4v) is 3.04. The van der Waals surface area contributed by atoms with Crippen molar-refractivity contribution in [1.82, 2.24) is 5.01 Å². The van der Waals surface area contributed by atoms with Gasteiger partial charge in [0.2, 0.25) is 0 Å². The number of rotatable bonds is 5. The summed E-state index contributed by atoms with van der Waals surface area (Å²) in [6.45, 7) is 6.05. The van der Waals surface area contributed by atoms with Crippen molar-refractivity contribution in [2.75, 3.05) is 13.2 Å². The molecule has 1 saturated carbocycles. The van der Waals surface area contributed by atoms with Crippen LogP contribution < -0.4 is 0 Å². The minimum atomic E-state index is -0.825. The highest BCUT2D eigenvalue weighted by Gasteiger charge is 2.70. The summed E-state index contributed by atoms with van der Waals surface area (Å²) in [4.78, 5) is 17.2. The van der Waals surface area contributed by atoms with Gasteiger partial charge in [0.1, 0.15) is 10.9 Å². The molecule has 6 nitrogen and oxygen atoms in total. The van der Waals surface area contributed by atoms with Crippen molar-refractivity contribution >= 4 is 40.5 Å². The second-order valence-corrected chi connectivity index (χ2v) is 7.04. The number of nitriles is 1. The van der Waals surface area contributed by atoms with E-state index in [0.717, 1.165) is 0 Å². The zero-order valence-electron chi connectivity index (χ0n) is 12.1. The van der Waals surface area contributed by atoms with Gasteiger partial charge in [-0.25, -0.2) is 5.01 Å². The number of carbonyl (C=O) groups excluding carboxylic acids is 1. The Bertz CT molecular complexity index is 549. The van der Waals surface area contributed by atoms with E-state index in [2.05, 4.69) is 10.3 Å². The van der Waals surface area contributed by atoms with Crippen molar-refractivity contribution in [3.8, 4) is 6.07 Å². The Morgan fingerprint density at radius 2 is 2.14 bits per heavy atom. The molecule has 1 aliphatic carbocycles. The maximum absolute atomic E-state index is 12.0. The van der Waals surface area contributed by atoms with Gasteiger partial charge in [-0.1, -0.05) is 19.0 Å². The first-order valence-corrected chi connectivity index (χ1v) is 7.31. The average molecular weight is 331 g/mol. The van der Waals surface area contributed by atoms with Gasteiger partial charge >= 0.3 is 0 Å². The van der Waals surface area contributed by atoms with Crippen LogP contribution in [0.15, 0.2) is 10.3 Å². The van der Waals surface area contributed by atoms with E-state index in [1.54, 1.807) is 6.92 Å². The van der Waals surface area contributed by atoms with Crippen LogP contribution in [0, 0.1) is 22.7 Å². The lowest BCUT2D eigenvalue weighted by Crippen LogP contribution is -2.28. The molecule has 1 heterocycles. The number of hydrogen-bond donors (Lipinski definition) is 0. The molecule has 114 valence electrons. The highest BCUT2D eigenvalue weighted by Crippen LogP contribution is 2.68. The molecule has 8 heteroatoms. The van der Waals surface area contributed by atoms with E-state index in [0.29, 0.717) is 5.71 Å². The number of oxime groups is 1. The topological polar surface area (TPSA) is 78.0 Å². The first-order valence-electron chi connectivity index (χ1n) is 6.55. The number of amides is 1. The highest BCUT2D eigenvalue weighted by atomic mass is 35.5. The fraction of sp³-hybridized carbons (Fsp3) is 0.692. The predicted molar refractivity (Wildman–Crippen MR) is 80.1 cm³/mol. The number of hydrazone groups is 1. The Balaban J connectivity index is 1.93. The quantitative estimate of drug-likeness (QED) is 0.573. The van der Waals surface area contributed by atoms with Crippen molar-refractivity contribution in [2.45, 2.75) is 31.5 Å². The summed E-state index contributed by atoms with van der Waals surface area (Å²) in [5.41, 5.74) is 0.384. The minimum absolute atomic E-state index is 0.0406. The van der Waals surface area contributed by atoms with Crippen LogP contribution in [0.25, 0.3) is 0 Å². The van der Waals surface area contributed by atoms with Crippen molar-refractivity contribution in [3.63, 3.8) is 0 Å². The van der Waals surface area contributed by atoms with Crippen LogP contribution in [0.4, 0.5) is 0 Å². The van der Waals surface area contributed by atoms with E-state index < -0.39 is 4.33 Å². The van der Waals surface area contributed by atoms with Gasteiger partial charge in [-0.3, -0.25) is 4.79 Å². The zero-order chi connectivity index (χ0) is 15.8. The van der Waals surface area contributed by atoms with Crippen molar-refractivity contribution in [3.05, 3.63) is 0 Å². The first kappa shape index (κ1) is 16.1. The van der Waals surface area contributed by atoms with Crippen LogP contribution in [0.5, 0.6) is 0 Å². The molecule has 1 amide bonds. The molecule has 0 saturated heterocycles. The summed E-state index contributed by atoms with van der Waals surface area (Å²) in [6.07, 6.45) is 0.216. The summed E-state index contributed by atoms with van der Waals surface area (Å²) >= 11 is 12.3. The lowest BCUT2D eigenvalue weighted by molar-refractivity contribution is -0.123. The lowest BCUT2D eigenvalue weighted by atomic mass is 10.1. The highest BCUT2D eigenvalue weighted by molar-refractivity contribution is 6.68. The van der Waals surface area contributed by atoms with E-state index in [1.807, 2.05) is 19.9 Å². The van der Waals surface area contributed by atoms with E-state index in [-0.39, 0.29) is 42.5 Å². The van der Waals surface area contributed by atoms with Crippen LogP contribution in [0.2, 0.25) is 0 Å². The molecule has 21 heavy (non-hydrogen) atoms. The Hall–Kier alpha value is -1.32. The van der Waals surface area contributed by atoms with E-state index >= 15 is 0 Å². The molecule has 1 fully saturated rings. The Kier molecular flexibility index (Phi) is 4.18. The molecule has 1 atom stereocenters. The lowest BCUT2D eigenvalue weighted by Gasteiger charge is -2.07. The Labute approximate surface area is 133 Å². The van der Waals surface area contributed by atoms with Gasteiger partial charge in [0.05, 0.1) is 24.7 Å². The summed E-state index contributed by atoms with van der Waals surface area (Å²) in [6, 6.07) is 1.97. The molecule has 0 N–H and O–H groups in total. The maximum atomic E-state index is 12.0. The second kappa shape index (κ2) is 5.47. The molecule has 2 aliphatic rings. The smallest absolute Gasteiger partial charge is 0.297 e. The van der Waals surface area contributed by atoms with Gasteiger partial charge in [-0.05, 0) is 6.92 Å². The molecule has 0 aromatic heterocycles. The first-order chi connectivity index (χ1) is 9.73. The monoisotopic (exact) mass is 330 g/mol.